The number of nitrogens with one attached hydrogen (secondary N) is 1. The van der Waals surface area contributed by atoms with Crippen molar-refractivity contribution in [1.29, 1.82) is 0 Å². The van der Waals surface area contributed by atoms with Gasteiger partial charge < -0.3 is 15.8 Å². The Morgan fingerprint density at radius 1 is 1.19 bits per heavy atom. The number of benzene rings is 2. The van der Waals surface area contributed by atoms with Crippen molar-refractivity contribution in [3.8, 4) is 5.75 Å². The fourth-order valence-corrected chi connectivity index (χ4v) is 2.53. The molecule has 3 rings (SSSR count). The minimum absolute atomic E-state index is 0.199. The zero-order valence-electron chi connectivity index (χ0n) is 11.2. The van der Waals surface area contributed by atoms with E-state index in [1.54, 1.807) is 12.1 Å². The van der Waals surface area contributed by atoms with E-state index >= 15 is 0 Å². The van der Waals surface area contributed by atoms with Gasteiger partial charge in [-0.1, -0.05) is 42.5 Å². The summed E-state index contributed by atoms with van der Waals surface area (Å²) in [4.78, 5) is 12.6. The molecule has 0 aromatic heterocycles. The summed E-state index contributed by atoms with van der Waals surface area (Å²) in [5.41, 5.74) is 7.96. The van der Waals surface area contributed by atoms with E-state index in [0.717, 1.165) is 11.3 Å². The van der Waals surface area contributed by atoms with Gasteiger partial charge in [0.2, 0.25) is 0 Å². The van der Waals surface area contributed by atoms with Gasteiger partial charge in [-0.3, -0.25) is 4.79 Å². The van der Waals surface area contributed by atoms with Crippen LogP contribution >= 0.6 is 12.2 Å². The molecular weight excluding hydrogens is 284 g/mol. The Kier molecular flexibility index (Phi) is 3.58. The third kappa shape index (κ3) is 2.73. The first-order valence-electron chi connectivity index (χ1n) is 6.59. The van der Waals surface area contributed by atoms with Gasteiger partial charge in [-0.2, -0.15) is 0 Å². The van der Waals surface area contributed by atoms with E-state index in [-0.39, 0.29) is 10.9 Å². The lowest BCUT2D eigenvalue weighted by Crippen LogP contribution is -2.32. The Morgan fingerprint density at radius 2 is 1.90 bits per heavy atom. The number of para-hydroxylation sites is 2. The predicted octanol–water partition coefficient (Wildman–Crippen LogP) is 2.26. The number of ether oxygens (including phenoxy) is 1. The lowest BCUT2D eigenvalue weighted by Gasteiger charge is -2.13. The molecule has 0 saturated carbocycles. The monoisotopic (exact) mass is 298 g/mol. The van der Waals surface area contributed by atoms with Crippen LogP contribution in [0.3, 0.4) is 0 Å². The number of carbonyl (C=O) groups is 1. The normalized spacial score (nSPS) is 15.9. The Morgan fingerprint density at radius 3 is 2.67 bits per heavy atom. The summed E-state index contributed by atoms with van der Waals surface area (Å²) in [6.07, 6.45) is 0.0406. The van der Waals surface area contributed by atoms with Crippen LogP contribution in [0.15, 0.2) is 48.5 Å². The van der Waals surface area contributed by atoms with Crippen LogP contribution in [0.4, 0.5) is 5.69 Å². The predicted molar refractivity (Wildman–Crippen MR) is 85.5 cm³/mol. The Balaban J connectivity index is 1.76. The topological polar surface area (TPSA) is 64.3 Å². The van der Waals surface area contributed by atoms with Gasteiger partial charge in [0.1, 0.15) is 10.7 Å². The molecule has 0 aliphatic carbocycles. The van der Waals surface area contributed by atoms with Crippen molar-refractivity contribution in [2.45, 2.75) is 12.5 Å². The Labute approximate surface area is 127 Å². The highest BCUT2D eigenvalue weighted by Crippen LogP contribution is 2.28. The molecule has 1 unspecified atom stereocenters. The van der Waals surface area contributed by atoms with E-state index < -0.39 is 6.10 Å². The maximum absolute atomic E-state index is 12.3. The first-order chi connectivity index (χ1) is 10.1. The molecule has 1 heterocycles. The first-order valence-corrected chi connectivity index (χ1v) is 7.00. The second-order valence-electron chi connectivity index (χ2n) is 4.82. The molecule has 3 N–H and O–H groups in total. The maximum Gasteiger partial charge on any atom is 0.265 e. The third-order valence-electron chi connectivity index (χ3n) is 3.39. The SMILES string of the molecule is NC(=S)c1ccccc1NC(=O)C1Cc2ccccc2O1. The molecule has 0 spiro atoms. The zero-order valence-corrected chi connectivity index (χ0v) is 12.0. The van der Waals surface area contributed by atoms with Crippen LogP contribution in [0.25, 0.3) is 0 Å². The van der Waals surface area contributed by atoms with Crippen molar-refractivity contribution in [2.75, 3.05) is 5.32 Å². The van der Waals surface area contributed by atoms with E-state index in [4.69, 9.17) is 22.7 Å². The number of nitrogens with two attached hydrogens (primary N) is 1. The fraction of sp³-hybridized carbons (Fsp3) is 0.125. The summed E-state index contributed by atoms with van der Waals surface area (Å²) in [5, 5.41) is 2.84. The maximum atomic E-state index is 12.3. The van der Waals surface area contributed by atoms with E-state index in [1.807, 2.05) is 36.4 Å². The highest BCUT2D eigenvalue weighted by Gasteiger charge is 2.29. The van der Waals surface area contributed by atoms with Gasteiger partial charge in [-0.15, -0.1) is 0 Å². The molecule has 106 valence electrons. The number of fused-ring (bicyclic) bond motifs is 1. The van der Waals surface area contributed by atoms with Crippen LogP contribution in [0.1, 0.15) is 11.1 Å². The van der Waals surface area contributed by atoms with Gasteiger partial charge in [-0.05, 0) is 23.8 Å². The van der Waals surface area contributed by atoms with Crippen molar-refractivity contribution < 1.29 is 9.53 Å². The summed E-state index contributed by atoms with van der Waals surface area (Å²) < 4.78 is 5.67. The molecule has 1 aliphatic heterocycles. The summed E-state index contributed by atoms with van der Waals surface area (Å²) in [6.45, 7) is 0. The van der Waals surface area contributed by atoms with Crippen molar-refractivity contribution in [1.82, 2.24) is 0 Å². The summed E-state index contributed by atoms with van der Waals surface area (Å²) in [6, 6.07) is 14.9. The smallest absolute Gasteiger partial charge is 0.265 e. The van der Waals surface area contributed by atoms with Crippen LogP contribution in [-0.4, -0.2) is 17.0 Å². The lowest BCUT2D eigenvalue weighted by molar-refractivity contribution is -0.122. The van der Waals surface area contributed by atoms with Gasteiger partial charge >= 0.3 is 0 Å². The number of carbonyl (C=O) groups excluding carboxylic acids is 1. The molecule has 1 atom stereocenters. The second kappa shape index (κ2) is 5.54. The minimum atomic E-state index is -0.526. The van der Waals surface area contributed by atoms with Crippen LogP contribution < -0.4 is 15.8 Å². The van der Waals surface area contributed by atoms with E-state index in [0.29, 0.717) is 17.7 Å². The Hall–Kier alpha value is -2.40. The van der Waals surface area contributed by atoms with Gasteiger partial charge in [-0.25, -0.2) is 0 Å². The number of hydrogen-bond acceptors (Lipinski definition) is 3. The molecule has 2 aromatic carbocycles. The van der Waals surface area contributed by atoms with Gasteiger partial charge in [0.15, 0.2) is 6.10 Å². The van der Waals surface area contributed by atoms with Crippen molar-refractivity contribution >= 4 is 28.8 Å². The van der Waals surface area contributed by atoms with Crippen LogP contribution in [0.2, 0.25) is 0 Å². The van der Waals surface area contributed by atoms with E-state index in [2.05, 4.69) is 5.32 Å². The van der Waals surface area contributed by atoms with E-state index in [9.17, 15) is 4.79 Å². The number of anilines is 1. The molecule has 5 heteroatoms. The third-order valence-corrected chi connectivity index (χ3v) is 3.61. The molecule has 1 aliphatic rings. The average Bonchev–Trinajstić information content (AvgIpc) is 2.91. The quantitative estimate of drug-likeness (QED) is 0.853. The molecule has 4 nitrogen and oxygen atoms in total. The van der Waals surface area contributed by atoms with Gasteiger partial charge in [0.05, 0.1) is 5.69 Å². The molecule has 21 heavy (non-hydrogen) atoms. The summed E-state index contributed by atoms with van der Waals surface area (Å²) in [7, 11) is 0. The van der Waals surface area contributed by atoms with Crippen molar-refractivity contribution in [2.24, 2.45) is 5.73 Å². The summed E-state index contributed by atoms with van der Waals surface area (Å²) >= 11 is 4.99. The average molecular weight is 298 g/mol. The minimum Gasteiger partial charge on any atom is -0.480 e. The molecule has 0 fully saturated rings. The number of rotatable bonds is 3. The standard InChI is InChI=1S/C16H14N2O2S/c17-15(21)11-6-2-3-7-12(11)18-16(19)14-9-10-5-1-4-8-13(10)20-14/h1-8,14H,9H2,(H2,17,21)(H,18,19). The fourth-order valence-electron chi connectivity index (χ4n) is 2.35. The van der Waals surface area contributed by atoms with Crippen LogP contribution in [-0.2, 0) is 11.2 Å². The molecule has 0 saturated heterocycles. The van der Waals surface area contributed by atoms with Crippen molar-refractivity contribution in [3.63, 3.8) is 0 Å². The van der Waals surface area contributed by atoms with E-state index in [1.165, 1.54) is 0 Å². The summed E-state index contributed by atoms with van der Waals surface area (Å²) in [5.74, 6) is 0.565. The molecule has 0 radical (unpaired) electrons. The van der Waals surface area contributed by atoms with Crippen molar-refractivity contribution in [3.05, 3.63) is 59.7 Å². The Bertz CT molecular complexity index is 690. The number of amides is 1. The molecular formula is C16H14N2O2S. The zero-order chi connectivity index (χ0) is 14.8. The number of hydrogen-bond donors (Lipinski definition) is 2. The molecule has 0 bridgehead atoms. The molecule has 1 amide bonds. The molecule has 2 aromatic rings. The van der Waals surface area contributed by atoms with Gasteiger partial charge in [0.25, 0.3) is 5.91 Å². The highest BCUT2D eigenvalue weighted by atomic mass is 32.1. The van der Waals surface area contributed by atoms with Crippen LogP contribution in [0, 0.1) is 0 Å². The largest absolute Gasteiger partial charge is 0.480 e. The van der Waals surface area contributed by atoms with Crippen LogP contribution in [0.5, 0.6) is 5.75 Å². The van der Waals surface area contributed by atoms with Gasteiger partial charge in [0, 0.05) is 12.0 Å². The lowest BCUT2D eigenvalue weighted by atomic mass is 10.1. The second-order valence-corrected chi connectivity index (χ2v) is 5.26. The first kappa shape index (κ1) is 13.6. The highest BCUT2D eigenvalue weighted by molar-refractivity contribution is 7.80. The number of thiocarbonyl (C=S) groups is 1.